The average molecular weight is 453 g/mol. The van der Waals surface area contributed by atoms with E-state index in [-0.39, 0.29) is 22.7 Å². The summed E-state index contributed by atoms with van der Waals surface area (Å²) in [7, 11) is 1.65. The molecule has 33 heavy (non-hydrogen) atoms. The van der Waals surface area contributed by atoms with E-state index in [4.69, 9.17) is 4.74 Å². The number of likely N-dealkylation sites (tertiary alicyclic amines) is 1. The van der Waals surface area contributed by atoms with E-state index in [9.17, 15) is 9.59 Å². The summed E-state index contributed by atoms with van der Waals surface area (Å²) in [6.45, 7) is 7.84. The van der Waals surface area contributed by atoms with Crippen LogP contribution in [-0.4, -0.2) is 36.4 Å². The molecule has 0 radical (unpaired) electrons. The van der Waals surface area contributed by atoms with Crippen LogP contribution in [0.25, 0.3) is 0 Å². The Bertz CT molecular complexity index is 931. The van der Waals surface area contributed by atoms with E-state index >= 15 is 0 Å². The van der Waals surface area contributed by atoms with Crippen molar-refractivity contribution >= 4 is 17.5 Å². The van der Waals surface area contributed by atoms with E-state index < -0.39 is 0 Å². The molecule has 1 saturated heterocycles. The molecule has 5 nitrogen and oxygen atoms in total. The number of benzene rings is 1. The molecule has 1 N–H and O–H groups in total. The van der Waals surface area contributed by atoms with E-state index in [2.05, 4.69) is 31.0 Å². The lowest BCUT2D eigenvalue weighted by Crippen LogP contribution is -2.62. The number of methoxy groups -OCH3 is 1. The van der Waals surface area contributed by atoms with Gasteiger partial charge in [0, 0.05) is 24.9 Å². The third-order valence-corrected chi connectivity index (χ3v) is 10.4. The molecule has 5 rings (SSSR count). The van der Waals surface area contributed by atoms with Gasteiger partial charge in [0.05, 0.1) is 12.8 Å². The molecule has 0 spiro atoms. The van der Waals surface area contributed by atoms with Gasteiger partial charge in [0.15, 0.2) is 0 Å². The molecule has 180 valence electrons. The van der Waals surface area contributed by atoms with Gasteiger partial charge < -0.3 is 15.0 Å². The molecule has 3 aliphatic carbocycles. The summed E-state index contributed by atoms with van der Waals surface area (Å²) in [5.41, 5.74) is 1.06. The van der Waals surface area contributed by atoms with Crippen molar-refractivity contribution in [2.75, 3.05) is 19.0 Å². The summed E-state index contributed by atoms with van der Waals surface area (Å²) in [5, 5.41) is 3.20. The van der Waals surface area contributed by atoms with Gasteiger partial charge in [0.25, 0.3) is 0 Å². The predicted octanol–water partition coefficient (Wildman–Crippen LogP) is 5.50. The van der Waals surface area contributed by atoms with Crippen LogP contribution in [0.4, 0.5) is 5.69 Å². The molecule has 1 aliphatic heterocycles. The van der Waals surface area contributed by atoms with E-state index in [1.54, 1.807) is 7.11 Å². The highest BCUT2D eigenvalue weighted by atomic mass is 16.5. The molecule has 0 aromatic heterocycles. The fourth-order valence-electron chi connectivity index (χ4n) is 8.79. The average Bonchev–Trinajstić information content (AvgIpc) is 3.17. The lowest BCUT2D eigenvalue weighted by atomic mass is 9.47. The summed E-state index contributed by atoms with van der Waals surface area (Å²) in [5.74, 6) is 3.24. The Balaban J connectivity index is 1.36. The first-order valence-electron chi connectivity index (χ1n) is 13.1. The minimum atomic E-state index is 0.0546. The maximum Gasteiger partial charge on any atom is 0.228 e. The zero-order valence-electron chi connectivity index (χ0n) is 20.7. The topological polar surface area (TPSA) is 58.6 Å². The third kappa shape index (κ3) is 3.40. The molecule has 1 heterocycles. The number of nitrogens with zero attached hydrogens (tertiary/aromatic N) is 1. The molecule has 2 unspecified atom stereocenters. The normalized spacial score (nSPS) is 39.9. The van der Waals surface area contributed by atoms with Gasteiger partial charge in [-0.15, -0.1) is 0 Å². The largest absolute Gasteiger partial charge is 0.495 e. The first-order valence-corrected chi connectivity index (χ1v) is 13.1. The smallest absolute Gasteiger partial charge is 0.228 e. The molecular weight excluding hydrogens is 412 g/mol. The molecule has 4 aliphatic rings. The number of para-hydroxylation sites is 2. The maximum absolute atomic E-state index is 13.5. The standard InChI is InChI=1S/C28H40N2O3/c1-5-30-24-13-10-18-19-11-12-21(26(32)29-22-8-6-7-9-23(22)33-4)27(19,2)16-14-20(18)28(24,3)17-15-25(30)31/h6-9,18-21,24H,5,10-17H2,1-4H3,(H,29,32)/t18-,19-,20+,21?,24?,27-,28+/m0/s1. The summed E-state index contributed by atoms with van der Waals surface area (Å²) in [6.07, 6.45) is 8.51. The molecule has 1 aromatic rings. The molecule has 3 saturated carbocycles. The Kier molecular flexibility index (Phi) is 5.73. The van der Waals surface area contributed by atoms with Crippen LogP contribution < -0.4 is 10.1 Å². The van der Waals surface area contributed by atoms with Gasteiger partial charge in [0.2, 0.25) is 11.8 Å². The van der Waals surface area contributed by atoms with Gasteiger partial charge in [0.1, 0.15) is 5.75 Å². The number of anilines is 1. The SMILES string of the molecule is CCN1C(=O)CC[C@@]2(C)C1CC[C@@H]1[C@H]2CC[C@]2(C)C(C(=O)Nc3ccccc3OC)CC[C@@H]12. The number of hydrogen-bond donors (Lipinski definition) is 1. The number of hydrogen-bond acceptors (Lipinski definition) is 3. The Hall–Kier alpha value is -2.04. The zero-order valence-corrected chi connectivity index (χ0v) is 20.7. The zero-order chi connectivity index (χ0) is 23.4. The van der Waals surface area contributed by atoms with Gasteiger partial charge >= 0.3 is 0 Å². The van der Waals surface area contributed by atoms with Crippen LogP contribution in [0.1, 0.15) is 72.1 Å². The van der Waals surface area contributed by atoms with Gasteiger partial charge in [-0.2, -0.15) is 0 Å². The molecule has 4 fully saturated rings. The van der Waals surface area contributed by atoms with Crippen LogP contribution in [0.5, 0.6) is 5.75 Å². The second kappa shape index (κ2) is 8.32. The van der Waals surface area contributed by atoms with E-state index in [1.165, 1.54) is 12.8 Å². The summed E-state index contributed by atoms with van der Waals surface area (Å²) < 4.78 is 5.46. The fourth-order valence-corrected chi connectivity index (χ4v) is 8.79. The first-order chi connectivity index (χ1) is 15.8. The highest BCUT2D eigenvalue weighted by Gasteiger charge is 2.62. The fraction of sp³-hybridized carbons (Fsp3) is 0.714. The minimum absolute atomic E-state index is 0.0546. The second-order valence-electron chi connectivity index (χ2n) is 11.5. The van der Waals surface area contributed by atoms with E-state index in [0.717, 1.165) is 44.3 Å². The van der Waals surface area contributed by atoms with Crippen molar-refractivity contribution in [2.45, 2.75) is 78.2 Å². The van der Waals surface area contributed by atoms with Crippen LogP contribution in [-0.2, 0) is 9.59 Å². The minimum Gasteiger partial charge on any atom is -0.495 e. The number of nitrogens with one attached hydrogen (secondary N) is 1. The monoisotopic (exact) mass is 452 g/mol. The van der Waals surface area contributed by atoms with Crippen LogP contribution >= 0.6 is 0 Å². The summed E-state index contributed by atoms with van der Waals surface area (Å²) in [6, 6.07) is 8.09. The summed E-state index contributed by atoms with van der Waals surface area (Å²) in [4.78, 5) is 28.3. The number of rotatable bonds is 4. The van der Waals surface area contributed by atoms with Crippen molar-refractivity contribution < 1.29 is 14.3 Å². The van der Waals surface area contributed by atoms with Gasteiger partial charge in [-0.3, -0.25) is 9.59 Å². The number of piperidine rings is 1. The summed E-state index contributed by atoms with van der Waals surface area (Å²) >= 11 is 0. The lowest BCUT2D eigenvalue weighted by molar-refractivity contribution is -0.161. The molecule has 0 bridgehead atoms. The van der Waals surface area contributed by atoms with Crippen LogP contribution in [0, 0.1) is 34.5 Å². The molecule has 2 amide bonds. The maximum atomic E-state index is 13.5. The molecule has 5 heteroatoms. The second-order valence-corrected chi connectivity index (χ2v) is 11.5. The number of ether oxygens (including phenoxy) is 1. The highest BCUT2D eigenvalue weighted by molar-refractivity contribution is 5.94. The Morgan fingerprint density at radius 3 is 2.58 bits per heavy atom. The van der Waals surface area contributed by atoms with Crippen LogP contribution in [0.3, 0.4) is 0 Å². The Morgan fingerprint density at radius 1 is 1.06 bits per heavy atom. The quantitative estimate of drug-likeness (QED) is 0.656. The van der Waals surface area contributed by atoms with Crippen molar-refractivity contribution in [1.29, 1.82) is 0 Å². The first kappa shape index (κ1) is 22.7. The van der Waals surface area contributed by atoms with Gasteiger partial charge in [-0.05, 0) is 92.6 Å². The van der Waals surface area contributed by atoms with Gasteiger partial charge in [-0.1, -0.05) is 26.0 Å². The van der Waals surface area contributed by atoms with Crippen LogP contribution in [0.2, 0.25) is 0 Å². The van der Waals surface area contributed by atoms with Crippen molar-refractivity contribution in [3.05, 3.63) is 24.3 Å². The molecular formula is C28H40N2O3. The Morgan fingerprint density at radius 2 is 1.82 bits per heavy atom. The van der Waals surface area contributed by atoms with Crippen LogP contribution in [0.15, 0.2) is 24.3 Å². The van der Waals surface area contributed by atoms with Crippen molar-refractivity contribution in [3.63, 3.8) is 0 Å². The Labute approximate surface area is 198 Å². The third-order valence-electron chi connectivity index (χ3n) is 10.4. The van der Waals surface area contributed by atoms with Gasteiger partial charge in [-0.25, -0.2) is 0 Å². The lowest BCUT2D eigenvalue weighted by Gasteiger charge is -2.62. The van der Waals surface area contributed by atoms with E-state index in [0.29, 0.717) is 41.9 Å². The number of fused-ring (bicyclic) bond motifs is 5. The predicted molar refractivity (Wildman–Crippen MR) is 130 cm³/mol. The molecule has 1 aromatic carbocycles. The number of carbonyl (C=O) groups excluding carboxylic acids is 2. The number of carbonyl (C=O) groups is 2. The number of amides is 2. The van der Waals surface area contributed by atoms with E-state index in [1.807, 2.05) is 24.3 Å². The highest BCUT2D eigenvalue weighted by Crippen LogP contribution is 2.66. The van der Waals surface area contributed by atoms with Crippen molar-refractivity contribution in [1.82, 2.24) is 4.90 Å². The van der Waals surface area contributed by atoms with Crippen molar-refractivity contribution in [2.24, 2.45) is 34.5 Å². The van der Waals surface area contributed by atoms with Crippen molar-refractivity contribution in [3.8, 4) is 5.75 Å². The molecule has 7 atom stereocenters.